The fourth-order valence-corrected chi connectivity index (χ4v) is 6.08. The summed E-state index contributed by atoms with van der Waals surface area (Å²) in [5, 5.41) is 4.05. The number of anilines is 2. The normalized spacial score (nSPS) is 11.4. The lowest BCUT2D eigenvalue weighted by molar-refractivity contribution is 0.256. The number of amides is 2. The van der Waals surface area contributed by atoms with Gasteiger partial charge in [-0.2, -0.15) is 0 Å². The SMILES string of the molecule is CC(C)CCCN(C(=O)Nc1c(C(C)C)cc(-c2cccc(OCCCc3ccncc3)c2)cc1C(C)C)c1cc2cccnc2[nH]c1=O. The first-order valence-corrected chi connectivity index (χ1v) is 17.5. The molecule has 8 heteroatoms. The molecule has 0 aliphatic carbocycles. The summed E-state index contributed by atoms with van der Waals surface area (Å²) in [6.07, 6.45) is 8.84. The van der Waals surface area contributed by atoms with Crippen LogP contribution in [0.5, 0.6) is 5.75 Å². The van der Waals surface area contributed by atoms with Gasteiger partial charge in [0.2, 0.25) is 0 Å². The number of fused-ring (bicyclic) bond motifs is 1. The largest absolute Gasteiger partial charge is 0.494 e. The standard InChI is InChI=1S/C41H49N5O3/c1-27(2)11-9-21-46(37-26-32-14-8-18-43-39(32)45-40(37)47)41(48)44-38-35(28(3)4)24-33(25-36(38)29(5)6)31-13-7-15-34(23-31)49-22-10-12-30-16-19-42-20-17-30/h7-8,13-20,23-29H,9-12,21-22H2,1-6H3,(H,44,48)(H,43,45,47). The van der Waals surface area contributed by atoms with Gasteiger partial charge in [-0.15, -0.1) is 0 Å². The van der Waals surface area contributed by atoms with E-state index in [0.717, 1.165) is 64.8 Å². The summed E-state index contributed by atoms with van der Waals surface area (Å²) < 4.78 is 6.16. The number of aromatic amines is 1. The Balaban J connectivity index is 1.43. The average molecular weight is 660 g/mol. The number of hydrogen-bond donors (Lipinski definition) is 2. The molecular formula is C41H49N5O3. The van der Waals surface area contributed by atoms with Crippen molar-refractivity contribution in [3.63, 3.8) is 0 Å². The highest BCUT2D eigenvalue weighted by Gasteiger charge is 2.24. The second-order valence-corrected chi connectivity index (χ2v) is 13.7. The molecule has 49 heavy (non-hydrogen) atoms. The molecule has 0 aliphatic rings. The Morgan fingerprint density at radius 2 is 1.59 bits per heavy atom. The minimum absolute atomic E-state index is 0.130. The van der Waals surface area contributed by atoms with Crippen molar-refractivity contribution in [2.24, 2.45) is 5.92 Å². The molecule has 0 saturated carbocycles. The molecule has 0 saturated heterocycles. The van der Waals surface area contributed by atoms with Crippen molar-refractivity contribution >= 4 is 28.4 Å². The number of aromatic nitrogens is 3. The number of H-pyrrole nitrogens is 1. The molecule has 2 aromatic carbocycles. The lowest BCUT2D eigenvalue weighted by Crippen LogP contribution is -2.39. The van der Waals surface area contributed by atoms with Crippen LogP contribution in [0.25, 0.3) is 22.2 Å². The van der Waals surface area contributed by atoms with Gasteiger partial charge in [0.25, 0.3) is 5.56 Å². The van der Waals surface area contributed by atoms with Crippen molar-refractivity contribution in [2.75, 3.05) is 23.4 Å². The van der Waals surface area contributed by atoms with Gasteiger partial charge < -0.3 is 15.0 Å². The summed E-state index contributed by atoms with van der Waals surface area (Å²) in [6, 6.07) is 21.8. The molecule has 0 fully saturated rings. The highest BCUT2D eigenvalue weighted by atomic mass is 16.5. The molecule has 0 radical (unpaired) electrons. The smallest absolute Gasteiger partial charge is 0.326 e. The average Bonchev–Trinajstić information content (AvgIpc) is 3.08. The maximum Gasteiger partial charge on any atom is 0.326 e. The summed E-state index contributed by atoms with van der Waals surface area (Å²) in [7, 11) is 0. The van der Waals surface area contributed by atoms with Gasteiger partial charge in [0.05, 0.1) is 6.61 Å². The Labute approximate surface area is 290 Å². The molecule has 3 heterocycles. The molecule has 0 aliphatic heterocycles. The molecular weight excluding hydrogens is 610 g/mol. The second kappa shape index (κ2) is 16.4. The highest BCUT2D eigenvalue weighted by Crippen LogP contribution is 2.38. The van der Waals surface area contributed by atoms with Crippen LogP contribution in [0.4, 0.5) is 16.2 Å². The zero-order valence-corrected chi connectivity index (χ0v) is 29.6. The number of nitrogens with zero attached hydrogens (tertiary/aromatic N) is 3. The monoisotopic (exact) mass is 659 g/mol. The van der Waals surface area contributed by atoms with E-state index in [2.05, 4.69) is 86.1 Å². The Bertz CT molecular complexity index is 1890. The Kier molecular flexibility index (Phi) is 11.8. The molecule has 3 aromatic heterocycles. The number of urea groups is 1. The van der Waals surface area contributed by atoms with E-state index in [4.69, 9.17) is 4.74 Å². The number of carbonyl (C=O) groups excluding carboxylic acids is 1. The van der Waals surface area contributed by atoms with Gasteiger partial charge in [-0.1, -0.05) is 53.7 Å². The van der Waals surface area contributed by atoms with Crippen molar-refractivity contribution in [1.29, 1.82) is 0 Å². The van der Waals surface area contributed by atoms with E-state index in [-0.39, 0.29) is 23.4 Å². The maximum absolute atomic E-state index is 14.3. The van der Waals surface area contributed by atoms with Crippen LogP contribution < -0.4 is 20.5 Å². The van der Waals surface area contributed by atoms with Crippen LogP contribution in [0.2, 0.25) is 0 Å². The fraction of sp³-hybridized carbons (Fsp3) is 0.366. The van der Waals surface area contributed by atoms with E-state index >= 15 is 0 Å². The molecule has 256 valence electrons. The number of aryl methyl sites for hydroxylation is 1. The number of benzene rings is 2. The van der Waals surface area contributed by atoms with Gasteiger partial charge in [-0.25, -0.2) is 9.78 Å². The summed E-state index contributed by atoms with van der Waals surface area (Å²) in [5.74, 6) is 1.57. The van der Waals surface area contributed by atoms with Gasteiger partial charge in [-0.05, 0) is 126 Å². The van der Waals surface area contributed by atoms with E-state index in [0.29, 0.717) is 30.4 Å². The van der Waals surface area contributed by atoms with Crippen LogP contribution in [0, 0.1) is 5.92 Å². The van der Waals surface area contributed by atoms with Gasteiger partial charge in [0.15, 0.2) is 0 Å². The maximum atomic E-state index is 14.3. The predicted molar refractivity (Wildman–Crippen MR) is 201 cm³/mol. The number of ether oxygens (including phenoxy) is 1. The highest BCUT2D eigenvalue weighted by molar-refractivity contribution is 6.03. The van der Waals surface area contributed by atoms with E-state index < -0.39 is 0 Å². The molecule has 0 bridgehead atoms. The quantitative estimate of drug-likeness (QED) is 0.116. The third kappa shape index (κ3) is 9.13. The summed E-state index contributed by atoms with van der Waals surface area (Å²) in [4.78, 5) is 40.4. The zero-order valence-electron chi connectivity index (χ0n) is 29.6. The molecule has 2 N–H and O–H groups in total. The fourth-order valence-electron chi connectivity index (χ4n) is 6.08. The molecule has 0 atom stereocenters. The van der Waals surface area contributed by atoms with E-state index in [1.54, 1.807) is 17.2 Å². The third-order valence-corrected chi connectivity index (χ3v) is 8.77. The third-order valence-electron chi connectivity index (χ3n) is 8.77. The molecule has 5 rings (SSSR count). The van der Waals surface area contributed by atoms with Crippen LogP contribution in [0.15, 0.2) is 90.1 Å². The predicted octanol–water partition coefficient (Wildman–Crippen LogP) is 9.72. The lowest BCUT2D eigenvalue weighted by Gasteiger charge is -2.27. The van der Waals surface area contributed by atoms with Crippen LogP contribution in [0.3, 0.4) is 0 Å². The number of rotatable bonds is 14. The first-order chi connectivity index (χ1) is 23.6. The van der Waals surface area contributed by atoms with E-state index in [1.165, 1.54) is 5.56 Å². The van der Waals surface area contributed by atoms with Gasteiger partial charge in [0, 0.05) is 36.2 Å². The number of pyridine rings is 3. The molecule has 2 amide bonds. The van der Waals surface area contributed by atoms with Crippen LogP contribution >= 0.6 is 0 Å². The van der Waals surface area contributed by atoms with E-state index in [1.807, 2.05) is 48.8 Å². The number of nitrogens with one attached hydrogen (secondary N) is 2. The number of hydrogen-bond acceptors (Lipinski definition) is 5. The topological polar surface area (TPSA) is 100 Å². The number of carbonyl (C=O) groups is 1. The second-order valence-electron chi connectivity index (χ2n) is 13.7. The summed E-state index contributed by atoms with van der Waals surface area (Å²) in [5.41, 5.74) is 6.73. The van der Waals surface area contributed by atoms with Gasteiger partial charge in [-0.3, -0.25) is 14.7 Å². The Hall–Kier alpha value is -4.98. The van der Waals surface area contributed by atoms with Crippen LogP contribution in [-0.2, 0) is 6.42 Å². The van der Waals surface area contributed by atoms with Crippen LogP contribution in [-0.4, -0.2) is 34.1 Å². The zero-order chi connectivity index (χ0) is 34.9. The minimum Gasteiger partial charge on any atom is -0.494 e. The van der Waals surface area contributed by atoms with Crippen molar-refractivity contribution in [2.45, 2.75) is 79.1 Å². The van der Waals surface area contributed by atoms with Crippen molar-refractivity contribution in [3.05, 3.63) is 112 Å². The van der Waals surface area contributed by atoms with E-state index in [9.17, 15) is 9.59 Å². The Morgan fingerprint density at radius 1 is 0.857 bits per heavy atom. The molecule has 0 spiro atoms. The molecule has 0 unspecified atom stereocenters. The molecule has 5 aromatic rings. The Morgan fingerprint density at radius 3 is 2.29 bits per heavy atom. The van der Waals surface area contributed by atoms with Gasteiger partial charge >= 0.3 is 6.03 Å². The van der Waals surface area contributed by atoms with Crippen molar-refractivity contribution in [1.82, 2.24) is 15.0 Å². The summed E-state index contributed by atoms with van der Waals surface area (Å²) in [6.45, 7) is 13.9. The first kappa shape index (κ1) is 35.3. The van der Waals surface area contributed by atoms with Crippen molar-refractivity contribution < 1.29 is 9.53 Å². The molecule has 8 nitrogen and oxygen atoms in total. The van der Waals surface area contributed by atoms with Crippen molar-refractivity contribution in [3.8, 4) is 16.9 Å². The lowest BCUT2D eigenvalue weighted by atomic mass is 9.88. The first-order valence-electron chi connectivity index (χ1n) is 17.5. The van der Waals surface area contributed by atoms with Gasteiger partial charge in [0.1, 0.15) is 17.1 Å². The summed E-state index contributed by atoms with van der Waals surface area (Å²) >= 11 is 0. The van der Waals surface area contributed by atoms with Crippen LogP contribution in [0.1, 0.15) is 89.3 Å². The minimum atomic E-state index is -0.339.